The first-order valence-electron chi connectivity index (χ1n) is 8.60. The molecule has 1 aliphatic carbocycles. The Morgan fingerprint density at radius 3 is 2.38 bits per heavy atom. The minimum absolute atomic E-state index is 0.391. The monoisotopic (exact) mass is 332 g/mol. The summed E-state index contributed by atoms with van der Waals surface area (Å²) in [5.41, 5.74) is 1.13. The standard InChI is InChI=1S/C18H28N4O2/c1-12-7-17(12)21-18(19-2)20-13-5-6-22(11-13)14-8-15(23-3)10-16(9-14)24-4/h8-10,12-13,17H,5-7,11H2,1-4H3,(H2,19,20,21). The highest BCUT2D eigenvalue weighted by atomic mass is 16.5. The number of methoxy groups -OCH3 is 2. The second-order valence-electron chi connectivity index (χ2n) is 6.68. The van der Waals surface area contributed by atoms with Crippen molar-refractivity contribution < 1.29 is 9.47 Å². The van der Waals surface area contributed by atoms with Crippen molar-refractivity contribution in [1.82, 2.24) is 10.6 Å². The molecule has 3 unspecified atom stereocenters. The Hall–Kier alpha value is -2.11. The second kappa shape index (κ2) is 7.20. The Morgan fingerprint density at radius 1 is 1.17 bits per heavy atom. The van der Waals surface area contributed by atoms with Crippen molar-refractivity contribution in [3.63, 3.8) is 0 Å². The molecular formula is C18H28N4O2. The summed E-state index contributed by atoms with van der Waals surface area (Å²) in [4.78, 5) is 6.71. The fraction of sp³-hybridized carbons (Fsp3) is 0.611. The average molecular weight is 332 g/mol. The quantitative estimate of drug-likeness (QED) is 0.637. The Balaban J connectivity index is 1.60. The molecule has 0 spiro atoms. The van der Waals surface area contributed by atoms with E-state index < -0.39 is 0 Å². The van der Waals surface area contributed by atoms with Gasteiger partial charge in [-0.25, -0.2) is 0 Å². The predicted molar refractivity (Wildman–Crippen MR) is 97.4 cm³/mol. The summed E-state index contributed by atoms with van der Waals surface area (Å²) >= 11 is 0. The lowest BCUT2D eigenvalue weighted by Crippen LogP contribution is -2.45. The lowest BCUT2D eigenvalue weighted by Gasteiger charge is -2.21. The van der Waals surface area contributed by atoms with Crippen molar-refractivity contribution >= 4 is 11.6 Å². The smallest absolute Gasteiger partial charge is 0.191 e. The third kappa shape index (κ3) is 3.86. The van der Waals surface area contributed by atoms with Crippen LogP contribution in [0.5, 0.6) is 11.5 Å². The minimum atomic E-state index is 0.391. The van der Waals surface area contributed by atoms with Crippen LogP contribution >= 0.6 is 0 Å². The van der Waals surface area contributed by atoms with Gasteiger partial charge in [0.05, 0.1) is 14.2 Å². The summed E-state index contributed by atoms with van der Waals surface area (Å²) in [6.45, 7) is 4.21. The van der Waals surface area contributed by atoms with Crippen LogP contribution in [0.1, 0.15) is 19.8 Å². The summed E-state index contributed by atoms with van der Waals surface area (Å²) < 4.78 is 10.8. The lowest BCUT2D eigenvalue weighted by molar-refractivity contribution is 0.394. The molecule has 2 aliphatic rings. The minimum Gasteiger partial charge on any atom is -0.497 e. The topological polar surface area (TPSA) is 58.1 Å². The van der Waals surface area contributed by atoms with E-state index in [0.717, 1.165) is 48.6 Å². The molecule has 2 fully saturated rings. The Bertz CT molecular complexity index is 582. The van der Waals surface area contributed by atoms with Gasteiger partial charge in [-0.05, 0) is 18.8 Å². The molecule has 132 valence electrons. The molecule has 3 atom stereocenters. The van der Waals surface area contributed by atoms with Crippen LogP contribution in [-0.4, -0.2) is 52.4 Å². The van der Waals surface area contributed by atoms with Gasteiger partial charge in [-0.3, -0.25) is 4.99 Å². The molecule has 24 heavy (non-hydrogen) atoms. The zero-order chi connectivity index (χ0) is 17.1. The van der Waals surface area contributed by atoms with Gasteiger partial charge < -0.3 is 25.0 Å². The molecule has 1 aromatic rings. The van der Waals surface area contributed by atoms with Crippen LogP contribution in [0.4, 0.5) is 5.69 Å². The first-order valence-corrected chi connectivity index (χ1v) is 8.60. The van der Waals surface area contributed by atoms with Crippen LogP contribution in [-0.2, 0) is 0 Å². The lowest BCUT2D eigenvalue weighted by atomic mass is 10.2. The molecule has 6 nitrogen and oxygen atoms in total. The predicted octanol–water partition coefficient (Wildman–Crippen LogP) is 1.86. The molecule has 0 amide bonds. The number of benzene rings is 1. The van der Waals surface area contributed by atoms with Crippen molar-refractivity contribution in [2.24, 2.45) is 10.9 Å². The van der Waals surface area contributed by atoms with Gasteiger partial charge in [0.25, 0.3) is 0 Å². The molecule has 1 aromatic carbocycles. The van der Waals surface area contributed by atoms with E-state index in [1.807, 2.05) is 13.1 Å². The van der Waals surface area contributed by atoms with E-state index in [1.54, 1.807) is 14.2 Å². The van der Waals surface area contributed by atoms with Crippen LogP contribution in [0.2, 0.25) is 0 Å². The van der Waals surface area contributed by atoms with Gasteiger partial charge in [-0.1, -0.05) is 6.92 Å². The van der Waals surface area contributed by atoms with E-state index in [-0.39, 0.29) is 0 Å². The maximum absolute atomic E-state index is 5.38. The number of hydrogen-bond donors (Lipinski definition) is 2. The summed E-state index contributed by atoms with van der Waals surface area (Å²) in [6, 6.07) is 6.99. The molecule has 6 heteroatoms. The van der Waals surface area contributed by atoms with E-state index >= 15 is 0 Å². The highest BCUT2D eigenvalue weighted by Gasteiger charge is 2.34. The molecular weight excluding hydrogens is 304 g/mol. The zero-order valence-corrected chi connectivity index (χ0v) is 15.0. The van der Waals surface area contributed by atoms with Gasteiger partial charge >= 0.3 is 0 Å². The summed E-state index contributed by atoms with van der Waals surface area (Å²) in [5.74, 6) is 3.31. The van der Waals surface area contributed by atoms with Crippen LogP contribution in [0.25, 0.3) is 0 Å². The fourth-order valence-corrected chi connectivity index (χ4v) is 3.15. The van der Waals surface area contributed by atoms with Gasteiger partial charge in [0.15, 0.2) is 5.96 Å². The van der Waals surface area contributed by atoms with Crippen molar-refractivity contribution in [1.29, 1.82) is 0 Å². The van der Waals surface area contributed by atoms with Crippen LogP contribution in [0.3, 0.4) is 0 Å². The van der Waals surface area contributed by atoms with Crippen LogP contribution in [0, 0.1) is 5.92 Å². The largest absolute Gasteiger partial charge is 0.497 e. The molecule has 3 rings (SSSR count). The number of nitrogens with zero attached hydrogens (tertiary/aromatic N) is 2. The van der Waals surface area contributed by atoms with Gasteiger partial charge in [-0.15, -0.1) is 0 Å². The van der Waals surface area contributed by atoms with Crippen molar-refractivity contribution in [3.05, 3.63) is 18.2 Å². The number of ether oxygens (including phenoxy) is 2. The first-order chi connectivity index (χ1) is 11.6. The number of hydrogen-bond acceptors (Lipinski definition) is 4. The SMILES string of the molecule is CN=C(NC1CCN(c2cc(OC)cc(OC)c2)C1)NC1CC1C. The highest BCUT2D eigenvalue weighted by molar-refractivity contribution is 5.80. The Labute approximate surface area is 144 Å². The third-order valence-electron chi connectivity index (χ3n) is 4.89. The number of aliphatic imine (C=N–C) groups is 1. The maximum atomic E-state index is 5.38. The molecule has 0 bridgehead atoms. The summed E-state index contributed by atoms with van der Waals surface area (Å²) in [6.07, 6.45) is 2.32. The van der Waals surface area contributed by atoms with E-state index in [1.165, 1.54) is 6.42 Å². The summed E-state index contributed by atoms with van der Waals surface area (Å²) in [5, 5.41) is 7.04. The zero-order valence-electron chi connectivity index (χ0n) is 15.0. The highest BCUT2D eigenvalue weighted by Crippen LogP contribution is 2.31. The number of rotatable bonds is 5. The van der Waals surface area contributed by atoms with Crippen LogP contribution < -0.4 is 25.0 Å². The van der Waals surface area contributed by atoms with E-state index in [4.69, 9.17) is 9.47 Å². The van der Waals surface area contributed by atoms with Crippen molar-refractivity contribution in [2.75, 3.05) is 39.3 Å². The molecule has 0 radical (unpaired) electrons. The molecule has 0 aromatic heterocycles. The maximum Gasteiger partial charge on any atom is 0.191 e. The average Bonchev–Trinajstić information content (AvgIpc) is 3.10. The van der Waals surface area contributed by atoms with E-state index in [9.17, 15) is 0 Å². The van der Waals surface area contributed by atoms with Crippen LogP contribution in [0.15, 0.2) is 23.2 Å². The second-order valence-corrected chi connectivity index (χ2v) is 6.68. The number of guanidine groups is 1. The van der Waals surface area contributed by atoms with Gasteiger partial charge in [0, 0.05) is 56.1 Å². The first kappa shape index (κ1) is 16.7. The van der Waals surface area contributed by atoms with Gasteiger partial charge in [-0.2, -0.15) is 0 Å². The van der Waals surface area contributed by atoms with E-state index in [2.05, 4.69) is 39.6 Å². The van der Waals surface area contributed by atoms with Crippen molar-refractivity contribution in [2.45, 2.75) is 31.8 Å². The van der Waals surface area contributed by atoms with E-state index in [0.29, 0.717) is 12.1 Å². The molecule has 1 heterocycles. The molecule has 2 N–H and O–H groups in total. The molecule has 1 saturated heterocycles. The van der Waals surface area contributed by atoms with Gasteiger partial charge in [0.1, 0.15) is 11.5 Å². The molecule has 1 saturated carbocycles. The summed E-state index contributed by atoms with van der Waals surface area (Å²) in [7, 11) is 5.20. The third-order valence-corrected chi connectivity index (χ3v) is 4.89. The Kier molecular flexibility index (Phi) is 5.02. The number of nitrogens with one attached hydrogen (secondary N) is 2. The van der Waals surface area contributed by atoms with Gasteiger partial charge in [0.2, 0.25) is 0 Å². The number of anilines is 1. The Morgan fingerprint density at radius 2 is 1.83 bits per heavy atom. The normalized spacial score (nSPS) is 26.2. The van der Waals surface area contributed by atoms with Crippen molar-refractivity contribution in [3.8, 4) is 11.5 Å². The fourth-order valence-electron chi connectivity index (χ4n) is 3.15. The molecule has 1 aliphatic heterocycles.